The Kier molecular flexibility index (Phi) is 6.20. The van der Waals surface area contributed by atoms with E-state index in [1.54, 1.807) is 0 Å². The third-order valence-electron chi connectivity index (χ3n) is 3.38. The van der Waals surface area contributed by atoms with Gasteiger partial charge in [-0.15, -0.1) is 0 Å². The van der Waals surface area contributed by atoms with Crippen LogP contribution in [0.1, 0.15) is 32.8 Å². The van der Waals surface area contributed by atoms with Crippen molar-refractivity contribution < 1.29 is 0 Å². The summed E-state index contributed by atoms with van der Waals surface area (Å²) in [6.45, 7) is 11.1. The average molecular weight is 248 g/mol. The van der Waals surface area contributed by atoms with Gasteiger partial charge in [-0.1, -0.05) is 26.0 Å². The van der Waals surface area contributed by atoms with Gasteiger partial charge in [0, 0.05) is 24.8 Å². The highest BCUT2D eigenvalue weighted by atomic mass is 15.1. The van der Waals surface area contributed by atoms with Crippen molar-refractivity contribution in [3.63, 3.8) is 0 Å². The molecule has 102 valence electrons. The molecule has 0 radical (unpaired) electrons. The van der Waals surface area contributed by atoms with Crippen molar-refractivity contribution in [1.82, 2.24) is 4.90 Å². The van der Waals surface area contributed by atoms with E-state index >= 15 is 0 Å². The zero-order valence-corrected chi connectivity index (χ0v) is 12.5. The van der Waals surface area contributed by atoms with Gasteiger partial charge in [0.05, 0.1) is 0 Å². The molecule has 0 spiro atoms. The van der Waals surface area contributed by atoms with Crippen LogP contribution in [0.5, 0.6) is 0 Å². The molecule has 1 aromatic carbocycles. The summed E-state index contributed by atoms with van der Waals surface area (Å²) >= 11 is 0. The Bertz CT molecular complexity index is 347. The number of anilines is 1. The Balaban J connectivity index is 2.29. The van der Waals surface area contributed by atoms with E-state index in [-0.39, 0.29) is 0 Å². The summed E-state index contributed by atoms with van der Waals surface area (Å²) < 4.78 is 0. The zero-order chi connectivity index (χ0) is 13.5. The summed E-state index contributed by atoms with van der Waals surface area (Å²) in [6.07, 6.45) is 1.26. The molecule has 0 aliphatic heterocycles. The molecule has 1 atom stereocenters. The van der Waals surface area contributed by atoms with Crippen molar-refractivity contribution in [3.05, 3.63) is 29.8 Å². The van der Waals surface area contributed by atoms with Gasteiger partial charge in [-0.05, 0) is 50.9 Å². The van der Waals surface area contributed by atoms with Crippen LogP contribution < -0.4 is 5.32 Å². The van der Waals surface area contributed by atoms with Crippen LogP contribution in [0, 0.1) is 12.8 Å². The van der Waals surface area contributed by atoms with E-state index in [4.69, 9.17) is 0 Å². The summed E-state index contributed by atoms with van der Waals surface area (Å²) in [7, 11) is 2.21. The summed E-state index contributed by atoms with van der Waals surface area (Å²) in [6, 6.07) is 9.21. The van der Waals surface area contributed by atoms with E-state index in [1.807, 2.05) is 0 Å². The molecule has 2 heteroatoms. The van der Waals surface area contributed by atoms with Gasteiger partial charge >= 0.3 is 0 Å². The number of nitrogens with one attached hydrogen (secondary N) is 1. The molecule has 1 N–H and O–H groups in total. The predicted octanol–water partition coefficient (Wildman–Crippen LogP) is 3.77. The van der Waals surface area contributed by atoms with Gasteiger partial charge < -0.3 is 10.2 Å². The SMILES string of the molecule is Cc1cccc(NCCN(C)C(C)CC(C)C)c1. The number of hydrogen-bond donors (Lipinski definition) is 1. The summed E-state index contributed by atoms with van der Waals surface area (Å²) in [5.74, 6) is 0.771. The molecule has 1 rings (SSSR count). The van der Waals surface area contributed by atoms with Gasteiger partial charge in [-0.25, -0.2) is 0 Å². The number of rotatable bonds is 7. The van der Waals surface area contributed by atoms with Crippen molar-refractivity contribution in [2.45, 2.75) is 40.2 Å². The second-order valence-corrected chi connectivity index (χ2v) is 5.76. The third kappa shape index (κ3) is 5.54. The van der Waals surface area contributed by atoms with E-state index in [2.05, 4.69) is 69.2 Å². The highest BCUT2D eigenvalue weighted by Crippen LogP contribution is 2.11. The van der Waals surface area contributed by atoms with E-state index in [0.717, 1.165) is 19.0 Å². The van der Waals surface area contributed by atoms with Crippen LogP contribution >= 0.6 is 0 Å². The van der Waals surface area contributed by atoms with Crippen molar-refractivity contribution in [1.29, 1.82) is 0 Å². The first-order valence-corrected chi connectivity index (χ1v) is 7.00. The molecule has 0 aliphatic carbocycles. The lowest BCUT2D eigenvalue weighted by atomic mass is 10.0. The average Bonchev–Trinajstić information content (AvgIpc) is 2.28. The molecule has 0 aromatic heterocycles. The molecule has 0 fully saturated rings. The Morgan fingerprint density at radius 3 is 2.56 bits per heavy atom. The van der Waals surface area contributed by atoms with Crippen molar-refractivity contribution >= 4 is 5.69 Å². The van der Waals surface area contributed by atoms with Crippen LogP contribution in [0.3, 0.4) is 0 Å². The normalized spacial score (nSPS) is 13.1. The van der Waals surface area contributed by atoms with Crippen molar-refractivity contribution in [3.8, 4) is 0 Å². The smallest absolute Gasteiger partial charge is 0.0343 e. The monoisotopic (exact) mass is 248 g/mol. The molecule has 0 amide bonds. The lowest BCUT2D eigenvalue weighted by Gasteiger charge is -2.26. The topological polar surface area (TPSA) is 15.3 Å². The fourth-order valence-electron chi connectivity index (χ4n) is 2.21. The number of hydrogen-bond acceptors (Lipinski definition) is 2. The van der Waals surface area contributed by atoms with Gasteiger partial charge in [0.2, 0.25) is 0 Å². The molecule has 1 unspecified atom stereocenters. The first kappa shape index (κ1) is 15.0. The molecule has 0 saturated carbocycles. The number of likely N-dealkylation sites (N-methyl/N-ethyl adjacent to an activating group) is 1. The maximum atomic E-state index is 3.48. The molecule has 0 saturated heterocycles. The summed E-state index contributed by atoms with van der Waals surface area (Å²) in [5.41, 5.74) is 2.53. The molecule has 0 aliphatic rings. The molecule has 2 nitrogen and oxygen atoms in total. The maximum absolute atomic E-state index is 3.48. The van der Waals surface area contributed by atoms with E-state index < -0.39 is 0 Å². The molecule has 1 aromatic rings. The van der Waals surface area contributed by atoms with Crippen LogP contribution in [-0.4, -0.2) is 31.1 Å². The van der Waals surface area contributed by atoms with Crippen LogP contribution in [0.4, 0.5) is 5.69 Å². The minimum Gasteiger partial charge on any atom is -0.384 e. The summed E-state index contributed by atoms with van der Waals surface area (Å²) in [4.78, 5) is 2.43. The number of benzene rings is 1. The van der Waals surface area contributed by atoms with Crippen molar-refractivity contribution in [2.24, 2.45) is 5.92 Å². The lowest BCUT2D eigenvalue weighted by Crippen LogP contribution is -2.34. The first-order valence-electron chi connectivity index (χ1n) is 7.00. The Morgan fingerprint density at radius 1 is 1.22 bits per heavy atom. The zero-order valence-electron chi connectivity index (χ0n) is 12.5. The quantitative estimate of drug-likeness (QED) is 0.790. The molecule has 0 heterocycles. The highest BCUT2D eigenvalue weighted by molar-refractivity contribution is 5.45. The van der Waals surface area contributed by atoms with Crippen LogP contribution in [0.15, 0.2) is 24.3 Å². The minimum atomic E-state index is 0.657. The minimum absolute atomic E-state index is 0.657. The van der Waals surface area contributed by atoms with E-state index in [0.29, 0.717) is 6.04 Å². The fourth-order valence-corrected chi connectivity index (χ4v) is 2.21. The first-order chi connectivity index (χ1) is 8.49. The van der Waals surface area contributed by atoms with E-state index in [1.165, 1.54) is 17.7 Å². The maximum Gasteiger partial charge on any atom is 0.0343 e. The fraction of sp³-hybridized carbons (Fsp3) is 0.625. The van der Waals surface area contributed by atoms with Crippen LogP contribution in [0.2, 0.25) is 0 Å². The standard InChI is InChI=1S/C16H28N2/c1-13(2)11-15(4)18(5)10-9-17-16-8-6-7-14(3)12-16/h6-8,12-13,15,17H,9-11H2,1-5H3. The molecular formula is C16H28N2. The second kappa shape index (κ2) is 7.42. The largest absolute Gasteiger partial charge is 0.384 e. The van der Waals surface area contributed by atoms with Gasteiger partial charge in [0.15, 0.2) is 0 Å². The predicted molar refractivity (Wildman–Crippen MR) is 81.2 cm³/mol. The van der Waals surface area contributed by atoms with E-state index in [9.17, 15) is 0 Å². The Labute approximate surface area is 112 Å². The molecule has 0 bridgehead atoms. The number of aryl methyl sites for hydroxylation is 1. The second-order valence-electron chi connectivity index (χ2n) is 5.76. The summed E-state index contributed by atoms with van der Waals surface area (Å²) in [5, 5.41) is 3.48. The van der Waals surface area contributed by atoms with Gasteiger partial charge in [-0.3, -0.25) is 0 Å². The Hall–Kier alpha value is -1.02. The van der Waals surface area contributed by atoms with Crippen LogP contribution in [-0.2, 0) is 0 Å². The van der Waals surface area contributed by atoms with Gasteiger partial charge in [-0.2, -0.15) is 0 Å². The third-order valence-corrected chi connectivity index (χ3v) is 3.38. The van der Waals surface area contributed by atoms with Crippen molar-refractivity contribution in [2.75, 3.05) is 25.5 Å². The highest BCUT2D eigenvalue weighted by Gasteiger charge is 2.10. The number of nitrogens with zero attached hydrogens (tertiary/aromatic N) is 1. The van der Waals surface area contributed by atoms with Gasteiger partial charge in [0.1, 0.15) is 0 Å². The molecular weight excluding hydrogens is 220 g/mol. The molecule has 18 heavy (non-hydrogen) atoms. The Morgan fingerprint density at radius 2 is 1.94 bits per heavy atom. The van der Waals surface area contributed by atoms with Gasteiger partial charge in [0.25, 0.3) is 0 Å². The lowest BCUT2D eigenvalue weighted by molar-refractivity contribution is 0.236. The van der Waals surface area contributed by atoms with Crippen LogP contribution in [0.25, 0.3) is 0 Å².